The molecule has 8 nitrogen and oxygen atoms in total. The topological polar surface area (TPSA) is 75.6 Å². The molecule has 136 valence electrons. The Labute approximate surface area is 151 Å². The molecule has 0 saturated carbocycles. The number of aromatic nitrogens is 4. The molecule has 0 saturated heterocycles. The van der Waals surface area contributed by atoms with Gasteiger partial charge in [-0.1, -0.05) is 18.2 Å². The van der Waals surface area contributed by atoms with Gasteiger partial charge in [-0.05, 0) is 40.8 Å². The first-order valence-electron chi connectivity index (χ1n) is 8.23. The summed E-state index contributed by atoms with van der Waals surface area (Å²) in [6.07, 6.45) is 0. The smallest absolute Gasteiger partial charge is 0.373 e. The van der Waals surface area contributed by atoms with Gasteiger partial charge in [0.1, 0.15) is 6.54 Å². The Kier molecular flexibility index (Phi) is 5.33. The summed E-state index contributed by atoms with van der Waals surface area (Å²) in [6, 6.07) is 15.0. The lowest BCUT2D eigenvalue weighted by atomic mass is 10.2. The first-order chi connectivity index (χ1) is 12.6. The van der Waals surface area contributed by atoms with Gasteiger partial charge in [0.15, 0.2) is 18.2 Å². The SMILES string of the molecule is COc1ccc(C[NH+](C)Cn2nnn(-c3ccccc3)c2=O)cc1OC. The first-order valence-corrected chi connectivity index (χ1v) is 8.23. The molecule has 1 aromatic heterocycles. The second-order valence-electron chi connectivity index (χ2n) is 5.99. The van der Waals surface area contributed by atoms with Crippen LogP contribution in [0.4, 0.5) is 0 Å². The number of nitrogens with zero attached hydrogens (tertiary/aromatic N) is 4. The van der Waals surface area contributed by atoms with Crippen LogP contribution in [-0.2, 0) is 13.2 Å². The van der Waals surface area contributed by atoms with Gasteiger partial charge in [-0.25, -0.2) is 4.79 Å². The summed E-state index contributed by atoms with van der Waals surface area (Å²) in [4.78, 5) is 13.6. The van der Waals surface area contributed by atoms with Gasteiger partial charge in [-0.3, -0.25) is 0 Å². The van der Waals surface area contributed by atoms with Gasteiger partial charge in [0.25, 0.3) is 0 Å². The average molecular weight is 356 g/mol. The van der Waals surface area contributed by atoms with Crippen LogP contribution in [-0.4, -0.2) is 41.1 Å². The number of hydrogen-bond donors (Lipinski definition) is 1. The van der Waals surface area contributed by atoms with Gasteiger partial charge >= 0.3 is 5.69 Å². The van der Waals surface area contributed by atoms with Crippen molar-refractivity contribution in [3.8, 4) is 17.2 Å². The number of benzene rings is 2. The molecule has 1 heterocycles. The van der Waals surface area contributed by atoms with E-state index in [4.69, 9.17) is 9.47 Å². The van der Waals surface area contributed by atoms with Crippen molar-refractivity contribution < 1.29 is 14.4 Å². The Hall–Kier alpha value is -3.13. The fraction of sp³-hybridized carbons (Fsp3) is 0.278. The number of methoxy groups -OCH3 is 2. The fourth-order valence-corrected chi connectivity index (χ4v) is 2.76. The van der Waals surface area contributed by atoms with Crippen molar-refractivity contribution in [3.05, 3.63) is 64.6 Å². The maximum atomic E-state index is 12.5. The van der Waals surface area contributed by atoms with E-state index in [1.807, 2.05) is 55.6 Å². The minimum absolute atomic E-state index is 0.261. The Bertz CT molecular complexity index is 920. The number of nitrogens with one attached hydrogen (secondary N) is 1. The summed E-state index contributed by atoms with van der Waals surface area (Å²) in [7, 11) is 5.21. The Balaban J connectivity index is 1.72. The van der Waals surface area contributed by atoms with E-state index in [0.717, 1.165) is 10.5 Å². The van der Waals surface area contributed by atoms with Crippen LogP contribution in [0.25, 0.3) is 5.69 Å². The Morgan fingerprint density at radius 1 is 1.00 bits per heavy atom. The number of para-hydroxylation sites is 1. The highest BCUT2D eigenvalue weighted by molar-refractivity contribution is 5.42. The maximum absolute atomic E-state index is 12.5. The highest BCUT2D eigenvalue weighted by atomic mass is 16.5. The van der Waals surface area contributed by atoms with Crippen LogP contribution in [0.1, 0.15) is 5.56 Å². The van der Waals surface area contributed by atoms with E-state index in [1.165, 1.54) is 9.36 Å². The van der Waals surface area contributed by atoms with E-state index < -0.39 is 0 Å². The molecule has 0 radical (unpaired) electrons. The van der Waals surface area contributed by atoms with Crippen LogP contribution in [0.5, 0.6) is 11.5 Å². The standard InChI is InChI=1S/C18H21N5O3/c1-21(12-14-9-10-16(25-2)17(11-14)26-3)13-22-18(24)23(20-19-22)15-7-5-4-6-8-15/h4-11H,12-13H2,1-3H3/p+1. The van der Waals surface area contributed by atoms with Crippen LogP contribution in [0.15, 0.2) is 53.3 Å². The molecule has 26 heavy (non-hydrogen) atoms. The van der Waals surface area contributed by atoms with Crippen molar-refractivity contribution in [2.24, 2.45) is 0 Å². The highest BCUT2D eigenvalue weighted by Crippen LogP contribution is 2.27. The molecule has 0 bridgehead atoms. The summed E-state index contributed by atoms with van der Waals surface area (Å²) in [5, 5.41) is 7.95. The number of rotatable bonds is 7. The molecular formula is C18H22N5O3+. The lowest BCUT2D eigenvalue weighted by molar-refractivity contribution is -0.917. The van der Waals surface area contributed by atoms with Gasteiger partial charge in [-0.15, -0.1) is 4.68 Å². The van der Waals surface area contributed by atoms with E-state index in [0.29, 0.717) is 30.4 Å². The third-order valence-corrected chi connectivity index (χ3v) is 4.01. The van der Waals surface area contributed by atoms with Crippen LogP contribution in [0.2, 0.25) is 0 Å². The van der Waals surface area contributed by atoms with Crippen LogP contribution >= 0.6 is 0 Å². The van der Waals surface area contributed by atoms with Crippen LogP contribution in [0.3, 0.4) is 0 Å². The second-order valence-corrected chi connectivity index (χ2v) is 5.99. The van der Waals surface area contributed by atoms with Gasteiger partial charge in [0, 0.05) is 5.56 Å². The lowest BCUT2D eigenvalue weighted by Gasteiger charge is -2.14. The van der Waals surface area contributed by atoms with Gasteiger partial charge in [-0.2, -0.15) is 4.68 Å². The molecule has 0 aliphatic rings. The molecule has 8 heteroatoms. The van der Waals surface area contributed by atoms with E-state index in [9.17, 15) is 4.79 Å². The quantitative estimate of drug-likeness (QED) is 0.651. The third kappa shape index (κ3) is 3.75. The van der Waals surface area contributed by atoms with Gasteiger partial charge in [0.05, 0.1) is 27.0 Å². The zero-order valence-corrected chi connectivity index (χ0v) is 15.0. The summed E-state index contributed by atoms with van der Waals surface area (Å²) in [5.74, 6) is 1.38. The number of quaternary nitrogens is 1. The zero-order valence-electron chi connectivity index (χ0n) is 15.0. The summed E-state index contributed by atoms with van der Waals surface area (Å²) in [6.45, 7) is 1.10. The van der Waals surface area contributed by atoms with E-state index in [-0.39, 0.29) is 5.69 Å². The zero-order chi connectivity index (χ0) is 18.5. The largest absolute Gasteiger partial charge is 0.493 e. The van der Waals surface area contributed by atoms with Crippen molar-refractivity contribution in [2.75, 3.05) is 21.3 Å². The summed E-state index contributed by atoms with van der Waals surface area (Å²) < 4.78 is 13.2. The molecule has 0 fully saturated rings. The maximum Gasteiger partial charge on any atom is 0.373 e. The number of ether oxygens (including phenoxy) is 2. The van der Waals surface area contributed by atoms with E-state index >= 15 is 0 Å². The van der Waals surface area contributed by atoms with Crippen molar-refractivity contribution in [2.45, 2.75) is 13.2 Å². The predicted octanol–water partition coefficient (Wildman–Crippen LogP) is 0.119. The van der Waals surface area contributed by atoms with Crippen LogP contribution in [0, 0.1) is 0 Å². The number of tetrazole rings is 1. The first kappa shape index (κ1) is 17.7. The monoisotopic (exact) mass is 356 g/mol. The van der Waals surface area contributed by atoms with Gasteiger partial charge < -0.3 is 14.4 Å². The van der Waals surface area contributed by atoms with Gasteiger partial charge in [0.2, 0.25) is 0 Å². The fourth-order valence-electron chi connectivity index (χ4n) is 2.76. The second kappa shape index (κ2) is 7.83. The predicted molar refractivity (Wildman–Crippen MR) is 95.8 cm³/mol. The van der Waals surface area contributed by atoms with Crippen molar-refractivity contribution >= 4 is 0 Å². The normalized spacial score (nSPS) is 12.0. The summed E-state index contributed by atoms with van der Waals surface area (Å²) in [5.41, 5.74) is 1.51. The molecule has 3 aromatic rings. The molecule has 0 aliphatic heterocycles. The Morgan fingerprint density at radius 3 is 2.42 bits per heavy atom. The summed E-state index contributed by atoms with van der Waals surface area (Å²) >= 11 is 0. The molecule has 1 unspecified atom stereocenters. The molecule has 0 aliphatic carbocycles. The molecule has 3 rings (SSSR count). The molecule has 1 N–H and O–H groups in total. The number of hydrogen-bond acceptors (Lipinski definition) is 5. The van der Waals surface area contributed by atoms with E-state index in [2.05, 4.69) is 10.4 Å². The van der Waals surface area contributed by atoms with Crippen molar-refractivity contribution in [1.29, 1.82) is 0 Å². The molecular weight excluding hydrogens is 334 g/mol. The average Bonchev–Trinajstić information content (AvgIpc) is 3.02. The minimum atomic E-state index is -0.261. The third-order valence-electron chi connectivity index (χ3n) is 4.01. The Morgan fingerprint density at radius 2 is 1.73 bits per heavy atom. The molecule has 1 atom stereocenters. The van der Waals surface area contributed by atoms with Crippen molar-refractivity contribution in [1.82, 2.24) is 19.8 Å². The van der Waals surface area contributed by atoms with E-state index in [1.54, 1.807) is 14.2 Å². The highest BCUT2D eigenvalue weighted by Gasteiger charge is 2.14. The molecule has 0 amide bonds. The molecule has 0 spiro atoms. The minimum Gasteiger partial charge on any atom is -0.493 e. The molecule has 2 aromatic carbocycles. The van der Waals surface area contributed by atoms with Crippen LogP contribution < -0.4 is 20.1 Å². The van der Waals surface area contributed by atoms with Crippen molar-refractivity contribution in [3.63, 3.8) is 0 Å². The lowest BCUT2D eigenvalue weighted by Crippen LogP contribution is -3.07.